The van der Waals surface area contributed by atoms with Crippen molar-refractivity contribution >= 4 is 39.1 Å². The van der Waals surface area contributed by atoms with Gasteiger partial charge in [0.25, 0.3) is 0 Å². The van der Waals surface area contributed by atoms with Gasteiger partial charge in [-0.25, -0.2) is 4.98 Å². The molecule has 0 bridgehead atoms. The molecule has 3 aromatic carbocycles. The molecule has 126 valence electrons. The number of guanidine groups is 1. The second-order valence-corrected chi connectivity index (χ2v) is 6.59. The summed E-state index contributed by atoms with van der Waals surface area (Å²) in [4.78, 5) is 9.00. The third kappa shape index (κ3) is 2.47. The molecule has 3 N–H and O–H groups in total. The van der Waals surface area contributed by atoms with Gasteiger partial charge in [0.15, 0.2) is 11.8 Å². The van der Waals surface area contributed by atoms with E-state index >= 15 is 0 Å². The summed E-state index contributed by atoms with van der Waals surface area (Å²) >= 11 is 0. The van der Waals surface area contributed by atoms with Crippen molar-refractivity contribution in [3.8, 4) is 0 Å². The number of hydrogen-bond donors (Lipinski definition) is 2. The summed E-state index contributed by atoms with van der Waals surface area (Å²) in [6.45, 7) is 0. The molecule has 0 radical (unpaired) electrons. The lowest BCUT2D eigenvalue weighted by atomic mass is 10.0. The van der Waals surface area contributed by atoms with E-state index in [4.69, 9.17) is 5.73 Å². The summed E-state index contributed by atoms with van der Waals surface area (Å²) in [5.74, 6) is 0.958. The number of nitrogens with one attached hydrogen (secondary N) is 1. The molecule has 4 aromatic rings. The molecule has 0 fully saturated rings. The molecular formula is C22H18N4. The van der Waals surface area contributed by atoms with Gasteiger partial charge in [-0.2, -0.15) is 4.99 Å². The van der Waals surface area contributed by atoms with Crippen molar-refractivity contribution in [2.24, 2.45) is 10.7 Å². The van der Waals surface area contributed by atoms with E-state index in [-0.39, 0.29) is 0 Å². The number of aryl methyl sites for hydroxylation is 2. The van der Waals surface area contributed by atoms with Crippen LogP contribution in [0.1, 0.15) is 11.1 Å². The van der Waals surface area contributed by atoms with E-state index in [1.807, 2.05) is 36.4 Å². The van der Waals surface area contributed by atoms with Gasteiger partial charge in [-0.15, -0.1) is 0 Å². The summed E-state index contributed by atoms with van der Waals surface area (Å²) < 4.78 is 0. The second kappa shape index (κ2) is 5.85. The van der Waals surface area contributed by atoms with Crippen LogP contribution in [0.5, 0.6) is 0 Å². The molecule has 1 aliphatic carbocycles. The van der Waals surface area contributed by atoms with Crippen molar-refractivity contribution < 1.29 is 0 Å². The van der Waals surface area contributed by atoms with Crippen LogP contribution in [0.4, 0.5) is 11.5 Å². The van der Waals surface area contributed by atoms with Crippen LogP contribution in [0.25, 0.3) is 21.7 Å². The third-order valence-electron chi connectivity index (χ3n) is 4.97. The Kier molecular flexibility index (Phi) is 3.35. The normalized spacial score (nSPS) is 13.5. The van der Waals surface area contributed by atoms with Crippen LogP contribution < -0.4 is 11.1 Å². The van der Waals surface area contributed by atoms with Crippen LogP contribution in [0.15, 0.2) is 71.7 Å². The molecule has 1 aliphatic rings. The Morgan fingerprint density at radius 2 is 1.73 bits per heavy atom. The van der Waals surface area contributed by atoms with Gasteiger partial charge < -0.3 is 11.1 Å². The van der Waals surface area contributed by atoms with Gasteiger partial charge in [-0.3, -0.25) is 0 Å². The lowest BCUT2D eigenvalue weighted by Crippen LogP contribution is -2.22. The maximum absolute atomic E-state index is 6.17. The van der Waals surface area contributed by atoms with Crippen LogP contribution in [-0.2, 0) is 12.8 Å². The van der Waals surface area contributed by atoms with Crippen LogP contribution in [-0.4, -0.2) is 10.9 Å². The molecule has 26 heavy (non-hydrogen) atoms. The first-order valence-electron chi connectivity index (χ1n) is 8.78. The monoisotopic (exact) mass is 338 g/mol. The molecule has 1 aromatic heterocycles. The number of rotatable bonds is 2. The molecule has 0 aliphatic heterocycles. The first-order chi connectivity index (χ1) is 12.8. The highest BCUT2D eigenvalue weighted by Gasteiger charge is 2.17. The Hall–Kier alpha value is -3.40. The molecule has 0 saturated heterocycles. The Labute approximate surface area is 151 Å². The van der Waals surface area contributed by atoms with Crippen molar-refractivity contribution in [2.75, 3.05) is 5.32 Å². The van der Waals surface area contributed by atoms with E-state index in [2.05, 4.69) is 45.6 Å². The highest BCUT2D eigenvalue weighted by atomic mass is 15.1. The first kappa shape index (κ1) is 14.9. The highest BCUT2D eigenvalue weighted by molar-refractivity contribution is 6.00. The zero-order chi connectivity index (χ0) is 17.5. The maximum atomic E-state index is 6.17. The number of fused-ring (bicyclic) bond motifs is 1. The minimum Gasteiger partial charge on any atom is -0.369 e. The molecule has 0 unspecified atom stereocenters. The Morgan fingerprint density at radius 1 is 0.885 bits per heavy atom. The first-order valence-corrected chi connectivity index (χ1v) is 8.78. The quantitative estimate of drug-likeness (QED) is 0.416. The molecule has 4 nitrogen and oxygen atoms in total. The molecule has 0 amide bonds. The van der Waals surface area contributed by atoms with Gasteiger partial charge in [0.1, 0.15) is 0 Å². The summed E-state index contributed by atoms with van der Waals surface area (Å²) in [5.41, 5.74) is 10.8. The van der Waals surface area contributed by atoms with Gasteiger partial charge in [0, 0.05) is 11.1 Å². The molecule has 5 rings (SSSR count). The van der Waals surface area contributed by atoms with Gasteiger partial charge in [-0.1, -0.05) is 42.5 Å². The number of nitrogens with zero attached hydrogens (tertiary/aromatic N) is 2. The number of pyridine rings is 1. The zero-order valence-corrected chi connectivity index (χ0v) is 14.2. The van der Waals surface area contributed by atoms with Crippen LogP contribution in [0.3, 0.4) is 0 Å². The zero-order valence-electron chi connectivity index (χ0n) is 14.2. The molecule has 1 heterocycles. The summed E-state index contributed by atoms with van der Waals surface area (Å²) in [7, 11) is 0. The van der Waals surface area contributed by atoms with E-state index < -0.39 is 0 Å². The van der Waals surface area contributed by atoms with Gasteiger partial charge in [0.2, 0.25) is 0 Å². The van der Waals surface area contributed by atoms with Crippen molar-refractivity contribution in [1.82, 2.24) is 4.98 Å². The van der Waals surface area contributed by atoms with Crippen LogP contribution in [0.2, 0.25) is 0 Å². The fraction of sp³-hybridized carbons (Fsp3) is 0.0909. The van der Waals surface area contributed by atoms with Crippen molar-refractivity contribution in [2.45, 2.75) is 12.8 Å². The Balaban J connectivity index is 1.49. The largest absolute Gasteiger partial charge is 0.369 e. The van der Waals surface area contributed by atoms with E-state index in [1.54, 1.807) is 0 Å². The van der Waals surface area contributed by atoms with Crippen LogP contribution in [0, 0.1) is 0 Å². The van der Waals surface area contributed by atoms with Crippen molar-refractivity contribution in [3.63, 3.8) is 0 Å². The maximum Gasteiger partial charge on any atom is 0.199 e. The highest BCUT2D eigenvalue weighted by Crippen LogP contribution is 2.35. The van der Waals surface area contributed by atoms with Crippen LogP contribution >= 0.6 is 0 Å². The summed E-state index contributed by atoms with van der Waals surface area (Å²) in [5, 5.41) is 7.00. The Morgan fingerprint density at radius 3 is 2.69 bits per heavy atom. The third-order valence-corrected chi connectivity index (χ3v) is 4.97. The number of hydrogen-bond acceptors (Lipinski definition) is 2. The Bertz CT molecular complexity index is 1180. The van der Waals surface area contributed by atoms with E-state index in [0.29, 0.717) is 11.8 Å². The summed E-state index contributed by atoms with van der Waals surface area (Å²) in [6.07, 6.45) is 2.11. The molecule has 0 spiro atoms. The topological polar surface area (TPSA) is 63.3 Å². The number of nitrogens with two attached hydrogens (primary N) is 1. The lowest BCUT2D eigenvalue weighted by molar-refractivity contribution is 1.03. The summed E-state index contributed by atoms with van der Waals surface area (Å²) in [6, 6.07) is 22.6. The smallest absolute Gasteiger partial charge is 0.199 e. The number of aromatic nitrogens is 1. The molecule has 4 heteroatoms. The predicted molar refractivity (Wildman–Crippen MR) is 108 cm³/mol. The number of benzene rings is 3. The second-order valence-electron chi connectivity index (χ2n) is 6.59. The fourth-order valence-electron chi connectivity index (χ4n) is 3.79. The minimum atomic E-state index is 0.354. The van der Waals surface area contributed by atoms with Crippen molar-refractivity contribution in [1.29, 1.82) is 0 Å². The van der Waals surface area contributed by atoms with Gasteiger partial charge in [0.05, 0.1) is 5.52 Å². The standard InChI is InChI=1S/C22H18N4/c23-22(26-20-13-10-14-4-1-2-7-18(14)24-20)25-19-12-9-16-6-3-5-15-8-11-17(19)21(15)16/h1-7,9-10,12-13H,8,11H2,(H3,23,24,25,26). The predicted octanol–water partition coefficient (Wildman–Crippen LogP) is 4.54. The SMILES string of the molecule is NC(=Nc1ccc2ccccc2n1)Nc1ccc2cccc3c2c1CC3. The molecular weight excluding hydrogens is 320 g/mol. The number of para-hydroxylation sites is 1. The fourth-order valence-corrected chi connectivity index (χ4v) is 3.79. The molecule has 0 saturated carbocycles. The van der Waals surface area contributed by atoms with Gasteiger partial charge >= 0.3 is 0 Å². The number of anilines is 1. The van der Waals surface area contributed by atoms with E-state index in [1.165, 1.54) is 21.9 Å². The molecule has 0 atom stereocenters. The lowest BCUT2D eigenvalue weighted by Gasteiger charge is -2.11. The average molecular weight is 338 g/mol. The van der Waals surface area contributed by atoms with E-state index in [9.17, 15) is 0 Å². The average Bonchev–Trinajstić information content (AvgIpc) is 3.10. The van der Waals surface area contributed by atoms with E-state index in [0.717, 1.165) is 29.4 Å². The number of aliphatic imine (C=N–C) groups is 1. The van der Waals surface area contributed by atoms with Crippen molar-refractivity contribution in [3.05, 3.63) is 77.9 Å². The van der Waals surface area contributed by atoms with Gasteiger partial charge in [-0.05, 0) is 59.0 Å². The minimum absolute atomic E-state index is 0.354.